The first-order chi connectivity index (χ1) is 9.70. The third kappa shape index (κ3) is 3.33. The first-order valence-electron chi connectivity index (χ1n) is 5.92. The second-order valence-corrected chi connectivity index (χ2v) is 7.01. The lowest BCUT2D eigenvalue weighted by molar-refractivity contribution is 0.599. The Balaban J connectivity index is 2.43. The fraction of sp³-hybridized carbons (Fsp3) is 0.154. The molecule has 0 radical (unpaired) electrons. The molecule has 1 aromatic heterocycles. The zero-order chi connectivity index (χ0) is 15.8. The molecule has 0 unspecified atom stereocenters. The number of nitrogens with zero attached hydrogens (tertiary/aromatic N) is 1. The van der Waals surface area contributed by atoms with E-state index in [4.69, 9.17) is 5.73 Å². The van der Waals surface area contributed by atoms with Crippen LogP contribution in [0.5, 0.6) is 0 Å². The van der Waals surface area contributed by atoms with Crippen molar-refractivity contribution >= 4 is 37.5 Å². The van der Waals surface area contributed by atoms with E-state index in [9.17, 15) is 12.8 Å². The van der Waals surface area contributed by atoms with E-state index in [0.717, 1.165) is 16.6 Å². The van der Waals surface area contributed by atoms with Crippen molar-refractivity contribution < 1.29 is 12.8 Å². The summed E-state index contributed by atoms with van der Waals surface area (Å²) in [4.78, 5) is 4.03. The molecule has 8 heteroatoms. The van der Waals surface area contributed by atoms with Gasteiger partial charge < -0.3 is 5.73 Å². The number of nitrogen functional groups attached to an aromatic ring is 1. The second-order valence-electron chi connectivity index (χ2n) is 4.51. The third-order valence-electron chi connectivity index (χ3n) is 2.84. The number of hydrogen-bond acceptors (Lipinski definition) is 4. The average Bonchev–Trinajstić information content (AvgIpc) is 2.37. The maximum atomic E-state index is 13.3. The number of hydrogen-bond donors (Lipinski definition) is 2. The smallest absolute Gasteiger partial charge is 0.263 e. The van der Waals surface area contributed by atoms with Gasteiger partial charge in [0.25, 0.3) is 10.0 Å². The van der Waals surface area contributed by atoms with Crippen LogP contribution in [-0.2, 0) is 10.0 Å². The molecule has 2 rings (SSSR count). The van der Waals surface area contributed by atoms with Crippen LogP contribution in [0.4, 0.5) is 15.9 Å². The molecule has 21 heavy (non-hydrogen) atoms. The summed E-state index contributed by atoms with van der Waals surface area (Å²) in [6.07, 6.45) is 0. The Morgan fingerprint density at radius 2 is 1.95 bits per heavy atom. The Morgan fingerprint density at radius 3 is 2.57 bits per heavy atom. The van der Waals surface area contributed by atoms with Gasteiger partial charge in [-0.1, -0.05) is 0 Å². The molecule has 0 amide bonds. The Hall–Kier alpha value is -1.67. The van der Waals surface area contributed by atoms with Gasteiger partial charge in [0.1, 0.15) is 11.6 Å². The fourth-order valence-electron chi connectivity index (χ4n) is 1.75. The molecular weight excluding hydrogens is 361 g/mol. The lowest BCUT2D eigenvalue weighted by atomic mass is 10.2. The number of aromatic nitrogens is 1. The number of sulfonamides is 1. The van der Waals surface area contributed by atoms with E-state index in [1.54, 1.807) is 13.0 Å². The lowest BCUT2D eigenvalue weighted by Crippen LogP contribution is -2.16. The van der Waals surface area contributed by atoms with Gasteiger partial charge in [0.15, 0.2) is 0 Å². The number of benzene rings is 1. The van der Waals surface area contributed by atoms with Crippen LogP contribution < -0.4 is 10.5 Å². The highest BCUT2D eigenvalue weighted by Crippen LogP contribution is 2.24. The standard InChI is InChI=1S/C13H13BrFN3O2S/c1-7-5-10(15)11(16)6-12(7)21(19,20)18-13-4-3-9(14)8(2)17-13/h3-6H,16H2,1-2H3,(H,17,18). The summed E-state index contributed by atoms with van der Waals surface area (Å²) in [6, 6.07) is 5.39. The number of pyridine rings is 1. The first-order valence-corrected chi connectivity index (χ1v) is 8.20. The molecule has 1 heterocycles. The van der Waals surface area contributed by atoms with Crippen LogP contribution in [0.15, 0.2) is 33.6 Å². The first kappa shape index (κ1) is 15.7. The van der Waals surface area contributed by atoms with Crippen molar-refractivity contribution in [2.24, 2.45) is 0 Å². The van der Waals surface area contributed by atoms with Crippen LogP contribution in [-0.4, -0.2) is 13.4 Å². The van der Waals surface area contributed by atoms with E-state index in [-0.39, 0.29) is 22.0 Å². The highest BCUT2D eigenvalue weighted by Gasteiger charge is 2.19. The molecular formula is C13H13BrFN3O2S. The number of halogens is 2. The number of nitrogens with one attached hydrogen (secondary N) is 1. The third-order valence-corrected chi connectivity index (χ3v) is 5.18. The monoisotopic (exact) mass is 373 g/mol. The molecule has 0 atom stereocenters. The molecule has 112 valence electrons. The molecule has 2 aromatic rings. The van der Waals surface area contributed by atoms with Gasteiger partial charge >= 0.3 is 0 Å². The summed E-state index contributed by atoms with van der Waals surface area (Å²) in [5.41, 5.74) is 6.12. The van der Waals surface area contributed by atoms with Crippen LogP contribution in [0.2, 0.25) is 0 Å². The van der Waals surface area contributed by atoms with Crippen molar-refractivity contribution in [1.82, 2.24) is 4.98 Å². The summed E-state index contributed by atoms with van der Waals surface area (Å²) in [6.45, 7) is 3.24. The molecule has 0 aliphatic rings. The summed E-state index contributed by atoms with van der Waals surface area (Å²) in [5, 5.41) is 0. The Kier molecular flexibility index (Phi) is 4.20. The highest BCUT2D eigenvalue weighted by atomic mass is 79.9. The van der Waals surface area contributed by atoms with Gasteiger partial charge in [0.05, 0.1) is 16.3 Å². The number of aryl methyl sites for hydroxylation is 2. The van der Waals surface area contributed by atoms with Gasteiger partial charge in [-0.3, -0.25) is 4.72 Å². The fourth-order valence-corrected chi connectivity index (χ4v) is 3.24. The maximum absolute atomic E-state index is 13.3. The van der Waals surface area contributed by atoms with Crippen LogP contribution in [0.25, 0.3) is 0 Å². The largest absolute Gasteiger partial charge is 0.396 e. The highest BCUT2D eigenvalue weighted by molar-refractivity contribution is 9.10. The quantitative estimate of drug-likeness (QED) is 0.809. The number of nitrogens with two attached hydrogens (primary N) is 1. The minimum atomic E-state index is -3.89. The van der Waals surface area contributed by atoms with Crippen molar-refractivity contribution in [2.45, 2.75) is 18.7 Å². The summed E-state index contributed by atoms with van der Waals surface area (Å²) >= 11 is 3.29. The molecule has 0 bridgehead atoms. The molecule has 5 nitrogen and oxygen atoms in total. The van der Waals surface area contributed by atoms with Gasteiger partial charge in [0.2, 0.25) is 0 Å². The molecule has 0 saturated carbocycles. The minimum absolute atomic E-state index is 0.0798. The lowest BCUT2D eigenvalue weighted by Gasteiger charge is -2.11. The van der Waals surface area contributed by atoms with Crippen molar-refractivity contribution in [3.63, 3.8) is 0 Å². The van der Waals surface area contributed by atoms with Gasteiger partial charge in [-0.25, -0.2) is 17.8 Å². The molecule has 0 fully saturated rings. The van der Waals surface area contributed by atoms with E-state index in [1.807, 2.05) is 0 Å². The number of rotatable bonds is 3. The van der Waals surface area contributed by atoms with Crippen LogP contribution in [0, 0.1) is 19.7 Å². The molecule has 0 aliphatic heterocycles. The van der Waals surface area contributed by atoms with E-state index in [0.29, 0.717) is 5.69 Å². The van der Waals surface area contributed by atoms with Gasteiger partial charge in [0, 0.05) is 4.47 Å². The molecule has 3 N–H and O–H groups in total. The molecule has 0 aliphatic carbocycles. The van der Waals surface area contributed by atoms with Gasteiger partial charge in [-0.05, 0) is 59.6 Å². The van der Waals surface area contributed by atoms with E-state index in [1.165, 1.54) is 13.0 Å². The molecule has 0 saturated heterocycles. The van der Waals surface area contributed by atoms with E-state index < -0.39 is 15.8 Å². The predicted octanol–water partition coefficient (Wildman–Crippen LogP) is 2.98. The summed E-state index contributed by atoms with van der Waals surface area (Å²) in [7, 11) is -3.89. The maximum Gasteiger partial charge on any atom is 0.263 e. The van der Waals surface area contributed by atoms with Crippen molar-refractivity contribution in [2.75, 3.05) is 10.5 Å². The second kappa shape index (κ2) is 5.61. The van der Waals surface area contributed by atoms with Crippen molar-refractivity contribution in [3.8, 4) is 0 Å². The molecule has 0 spiro atoms. The van der Waals surface area contributed by atoms with E-state index in [2.05, 4.69) is 25.6 Å². The number of anilines is 2. The van der Waals surface area contributed by atoms with Crippen molar-refractivity contribution in [3.05, 3.63) is 45.8 Å². The van der Waals surface area contributed by atoms with Gasteiger partial charge in [-0.2, -0.15) is 0 Å². The summed E-state index contributed by atoms with van der Waals surface area (Å²) in [5.74, 6) is -0.470. The Labute approximate surface area is 130 Å². The average molecular weight is 374 g/mol. The van der Waals surface area contributed by atoms with Gasteiger partial charge in [-0.15, -0.1) is 0 Å². The zero-order valence-corrected chi connectivity index (χ0v) is 13.7. The molecule has 1 aromatic carbocycles. The normalized spacial score (nSPS) is 11.4. The van der Waals surface area contributed by atoms with Crippen molar-refractivity contribution in [1.29, 1.82) is 0 Å². The van der Waals surface area contributed by atoms with E-state index >= 15 is 0 Å². The Morgan fingerprint density at radius 1 is 1.29 bits per heavy atom. The summed E-state index contributed by atoms with van der Waals surface area (Å²) < 4.78 is 41.1. The topological polar surface area (TPSA) is 85.1 Å². The SMILES string of the molecule is Cc1cc(F)c(N)cc1S(=O)(=O)Nc1ccc(Br)c(C)n1. The van der Waals surface area contributed by atoms with Crippen LogP contribution in [0.1, 0.15) is 11.3 Å². The minimum Gasteiger partial charge on any atom is -0.396 e. The Bertz CT molecular complexity index is 809. The van der Waals surface area contributed by atoms with Crippen LogP contribution >= 0.6 is 15.9 Å². The predicted molar refractivity (Wildman–Crippen MR) is 83.0 cm³/mol. The zero-order valence-electron chi connectivity index (χ0n) is 11.3. The van der Waals surface area contributed by atoms with Crippen LogP contribution in [0.3, 0.4) is 0 Å².